The average Bonchev–Trinajstić information content (AvgIpc) is 2.36. The van der Waals surface area contributed by atoms with Gasteiger partial charge in [-0.05, 0) is 18.8 Å². The minimum absolute atomic E-state index is 0.0635. The van der Waals surface area contributed by atoms with E-state index in [0.29, 0.717) is 25.0 Å². The van der Waals surface area contributed by atoms with E-state index < -0.39 is 38.4 Å². The van der Waals surface area contributed by atoms with Gasteiger partial charge in [0.1, 0.15) is 17.5 Å². The van der Waals surface area contributed by atoms with Crippen molar-refractivity contribution in [2.75, 3.05) is 13.1 Å². The molecule has 0 spiro atoms. The smallest absolute Gasteiger partial charge is 0.249 e. The minimum atomic E-state index is -4.39. The molecule has 0 bridgehead atoms. The summed E-state index contributed by atoms with van der Waals surface area (Å²) in [6.07, 6.45) is 1.11. The first-order chi connectivity index (χ1) is 9.77. The third-order valence-corrected chi connectivity index (χ3v) is 5.73. The summed E-state index contributed by atoms with van der Waals surface area (Å²) in [5.74, 6) is -3.73. The molecule has 1 aliphatic heterocycles. The van der Waals surface area contributed by atoms with E-state index >= 15 is 0 Å². The first kappa shape index (κ1) is 16.3. The molecule has 118 valence electrons. The number of sulfonamides is 1. The van der Waals surface area contributed by atoms with E-state index in [1.807, 2.05) is 6.92 Å². The van der Waals surface area contributed by atoms with E-state index in [2.05, 4.69) is 0 Å². The first-order valence-electron chi connectivity index (χ1n) is 6.63. The zero-order chi connectivity index (χ0) is 15.8. The SMILES string of the molecule is CC1CCN(S(=O)(=O)c2c(F)cc(F)cc2F)C(CN)C1. The molecular formula is C13H17F3N2O2S. The van der Waals surface area contributed by atoms with Crippen molar-refractivity contribution in [2.45, 2.75) is 30.7 Å². The summed E-state index contributed by atoms with van der Waals surface area (Å²) in [4.78, 5) is -1.11. The highest BCUT2D eigenvalue weighted by Crippen LogP contribution is 2.30. The van der Waals surface area contributed by atoms with Gasteiger partial charge in [0.05, 0.1) is 0 Å². The number of piperidine rings is 1. The third kappa shape index (κ3) is 3.07. The van der Waals surface area contributed by atoms with Crippen LogP contribution in [0.15, 0.2) is 17.0 Å². The van der Waals surface area contributed by atoms with Crippen LogP contribution in [0.1, 0.15) is 19.8 Å². The minimum Gasteiger partial charge on any atom is -0.329 e. The van der Waals surface area contributed by atoms with Gasteiger partial charge in [0.15, 0.2) is 4.90 Å². The standard InChI is InChI=1S/C13H17F3N2O2S/c1-8-2-3-18(10(4-8)7-17)21(19,20)13-11(15)5-9(14)6-12(13)16/h5-6,8,10H,2-4,7,17H2,1H3. The van der Waals surface area contributed by atoms with E-state index in [1.165, 1.54) is 0 Å². The second-order valence-electron chi connectivity index (χ2n) is 5.33. The molecule has 21 heavy (non-hydrogen) atoms. The topological polar surface area (TPSA) is 63.4 Å². The quantitative estimate of drug-likeness (QED) is 0.924. The summed E-state index contributed by atoms with van der Waals surface area (Å²) in [6.45, 7) is 2.17. The Morgan fingerprint density at radius 2 is 1.86 bits per heavy atom. The van der Waals surface area contributed by atoms with Crippen molar-refractivity contribution in [3.63, 3.8) is 0 Å². The normalized spacial score (nSPS) is 24.2. The molecule has 8 heteroatoms. The van der Waals surface area contributed by atoms with Crippen LogP contribution in [-0.2, 0) is 10.0 Å². The first-order valence-corrected chi connectivity index (χ1v) is 8.07. The predicted molar refractivity (Wildman–Crippen MR) is 71.4 cm³/mol. The molecule has 1 aromatic rings. The molecule has 4 nitrogen and oxygen atoms in total. The largest absolute Gasteiger partial charge is 0.329 e. The van der Waals surface area contributed by atoms with E-state index in [-0.39, 0.29) is 19.0 Å². The van der Waals surface area contributed by atoms with Crippen LogP contribution >= 0.6 is 0 Å². The van der Waals surface area contributed by atoms with Crippen LogP contribution in [0.2, 0.25) is 0 Å². The van der Waals surface area contributed by atoms with Crippen molar-refractivity contribution in [1.82, 2.24) is 4.31 Å². The summed E-state index contributed by atoms with van der Waals surface area (Å²) in [5.41, 5.74) is 5.58. The predicted octanol–water partition coefficient (Wildman–Crippen LogP) is 1.85. The van der Waals surface area contributed by atoms with E-state index in [4.69, 9.17) is 5.73 Å². The number of nitrogens with two attached hydrogens (primary N) is 1. The highest BCUT2D eigenvalue weighted by atomic mass is 32.2. The van der Waals surface area contributed by atoms with Crippen LogP contribution in [0.25, 0.3) is 0 Å². The molecule has 0 radical (unpaired) electrons. The fraction of sp³-hybridized carbons (Fsp3) is 0.538. The van der Waals surface area contributed by atoms with Gasteiger partial charge in [0.25, 0.3) is 0 Å². The molecule has 0 aliphatic carbocycles. The molecule has 2 atom stereocenters. The Bertz CT molecular complexity index is 613. The van der Waals surface area contributed by atoms with Gasteiger partial charge < -0.3 is 5.73 Å². The van der Waals surface area contributed by atoms with Crippen LogP contribution < -0.4 is 5.73 Å². The van der Waals surface area contributed by atoms with Crippen LogP contribution in [-0.4, -0.2) is 31.9 Å². The monoisotopic (exact) mass is 322 g/mol. The number of nitrogens with zero attached hydrogens (tertiary/aromatic N) is 1. The van der Waals surface area contributed by atoms with Crippen molar-refractivity contribution >= 4 is 10.0 Å². The van der Waals surface area contributed by atoms with Crippen molar-refractivity contribution < 1.29 is 21.6 Å². The van der Waals surface area contributed by atoms with Crippen molar-refractivity contribution in [1.29, 1.82) is 0 Å². The zero-order valence-electron chi connectivity index (χ0n) is 11.5. The molecule has 1 aromatic carbocycles. The fourth-order valence-electron chi connectivity index (χ4n) is 2.65. The molecule has 0 aromatic heterocycles. The number of benzene rings is 1. The van der Waals surface area contributed by atoms with Crippen LogP contribution in [0.4, 0.5) is 13.2 Å². The fourth-order valence-corrected chi connectivity index (χ4v) is 4.41. The molecule has 2 unspecified atom stereocenters. The van der Waals surface area contributed by atoms with Crippen LogP contribution in [0, 0.1) is 23.4 Å². The average molecular weight is 322 g/mol. The Balaban J connectivity index is 2.47. The molecule has 1 saturated heterocycles. The highest BCUT2D eigenvalue weighted by molar-refractivity contribution is 7.89. The lowest BCUT2D eigenvalue weighted by Crippen LogP contribution is -2.49. The maximum Gasteiger partial charge on any atom is 0.249 e. The van der Waals surface area contributed by atoms with Gasteiger partial charge in [0.2, 0.25) is 10.0 Å². The van der Waals surface area contributed by atoms with Crippen LogP contribution in [0.5, 0.6) is 0 Å². The summed E-state index contributed by atoms with van der Waals surface area (Å²) in [7, 11) is -4.39. The Kier molecular flexibility index (Phi) is 4.60. The summed E-state index contributed by atoms with van der Waals surface area (Å²) >= 11 is 0. The molecule has 1 fully saturated rings. The van der Waals surface area contributed by atoms with E-state index in [9.17, 15) is 21.6 Å². The van der Waals surface area contributed by atoms with Gasteiger partial charge in [-0.15, -0.1) is 0 Å². The van der Waals surface area contributed by atoms with Crippen molar-refractivity contribution in [3.8, 4) is 0 Å². The Hall–Kier alpha value is -1.12. The molecule has 1 aliphatic rings. The maximum absolute atomic E-state index is 13.8. The van der Waals surface area contributed by atoms with E-state index in [1.54, 1.807) is 0 Å². The summed E-state index contributed by atoms with van der Waals surface area (Å²) in [5, 5.41) is 0. The number of halogens is 3. The molecule has 1 heterocycles. The number of hydrogen-bond acceptors (Lipinski definition) is 3. The molecule has 0 amide bonds. The molecule has 2 N–H and O–H groups in total. The third-order valence-electron chi connectivity index (χ3n) is 3.73. The van der Waals surface area contributed by atoms with E-state index in [0.717, 1.165) is 4.31 Å². The molecular weight excluding hydrogens is 305 g/mol. The van der Waals surface area contributed by atoms with Gasteiger partial charge in [0, 0.05) is 31.3 Å². The molecule has 0 saturated carbocycles. The Morgan fingerprint density at radius 1 is 1.29 bits per heavy atom. The summed E-state index contributed by atoms with van der Waals surface area (Å²) < 4.78 is 66.4. The second-order valence-corrected chi connectivity index (χ2v) is 7.16. The van der Waals surface area contributed by atoms with Gasteiger partial charge in [-0.1, -0.05) is 6.92 Å². The van der Waals surface area contributed by atoms with Crippen molar-refractivity contribution in [3.05, 3.63) is 29.6 Å². The van der Waals surface area contributed by atoms with Crippen molar-refractivity contribution in [2.24, 2.45) is 11.7 Å². The zero-order valence-corrected chi connectivity index (χ0v) is 12.3. The Labute approximate surface area is 121 Å². The highest BCUT2D eigenvalue weighted by Gasteiger charge is 2.38. The Morgan fingerprint density at radius 3 is 2.38 bits per heavy atom. The van der Waals surface area contributed by atoms with Gasteiger partial charge >= 0.3 is 0 Å². The molecule has 2 rings (SSSR count). The van der Waals surface area contributed by atoms with Crippen LogP contribution in [0.3, 0.4) is 0 Å². The second kappa shape index (κ2) is 5.94. The lowest BCUT2D eigenvalue weighted by atomic mass is 9.94. The van der Waals surface area contributed by atoms with Gasteiger partial charge in [-0.25, -0.2) is 21.6 Å². The number of rotatable bonds is 3. The van der Waals surface area contributed by atoms with Gasteiger partial charge in [-0.2, -0.15) is 4.31 Å². The lowest BCUT2D eigenvalue weighted by molar-refractivity contribution is 0.210. The lowest BCUT2D eigenvalue weighted by Gasteiger charge is -2.36. The van der Waals surface area contributed by atoms with Gasteiger partial charge in [-0.3, -0.25) is 0 Å². The summed E-state index contributed by atoms with van der Waals surface area (Å²) in [6, 6.07) is 0.211. The maximum atomic E-state index is 13.8. The number of hydrogen-bond donors (Lipinski definition) is 1.